The minimum atomic E-state index is 0.516. The largest absolute Gasteiger partial charge is 0.329 e. The molecule has 1 fully saturated rings. The lowest BCUT2D eigenvalue weighted by molar-refractivity contribution is 0.100. The van der Waals surface area contributed by atoms with E-state index in [9.17, 15) is 0 Å². The third-order valence-electron chi connectivity index (χ3n) is 4.40. The summed E-state index contributed by atoms with van der Waals surface area (Å²) < 4.78 is 0. The fourth-order valence-electron chi connectivity index (χ4n) is 2.83. The van der Waals surface area contributed by atoms with Crippen LogP contribution in [0.2, 0.25) is 0 Å². The van der Waals surface area contributed by atoms with Crippen LogP contribution in [0, 0.1) is 13.8 Å². The first-order valence-corrected chi connectivity index (χ1v) is 7.33. The number of nitrogens with two attached hydrogens (primary N) is 1. The Morgan fingerprint density at radius 1 is 1.11 bits per heavy atom. The first-order chi connectivity index (χ1) is 9.11. The first kappa shape index (κ1) is 14.5. The molecule has 1 saturated heterocycles. The number of nitrogens with zero attached hydrogens (tertiary/aromatic N) is 2. The topological polar surface area (TPSA) is 32.5 Å². The lowest BCUT2D eigenvalue weighted by Gasteiger charge is -2.38. The van der Waals surface area contributed by atoms with Gasteiger partial charge in [0.05, 0.1) is 0 Å². The van der Waals surface area contributed by atoms with Gasteiger partial charge in [-0.1, -0.05) is 18.2 Å². The molecule has 1 aromatic rings. The van der Waals surface area contributed by atoms with E-state index in [-0.39, 0.29) is 0 Å². The maximum atomic E-state index is 5.75. The van der Waals surface area contributed by atoms with Gasteiger partial charge >= 0.3 is 0 Å². The lowest BCUT2D eigenvalue weighted by Crippen LogP contribution is -2.51. The summed E-state index contributed by atoms with van der Waals surface area (Å²) in [4.78, 5) is 5.07. The Labute approximate surface area is 117 Å². The fourth-order valence-corrected chi connectivity index (χ4v) is 2.83. The van der Waals surface area contributed by atoms with Crippen molar-refractivity contribution < 1.29 is 0 Å². The predicted molar refractivity (Wildman–Crippen MR) is 81.3 cm³/mol. The van der Waals surface area contributed by atoms with E-state index >= 15 is 0 Å². The van der Waals surface area contributed by atoms with Crippen LogP contribution >= 0.6 is 0 Å². The van der Waals surface area contributed by atoms with E-state index < -0.39 is 0 Å². The molecule has 0 amide bonds. The zero-order valence-corrected chi connectivity index (χ0v) is 12.5. The Bertz CT molecular complexity index is 388. The molecule has 1 aliphatic heterocycles. The molecule has 1 heterocycles. The highest BCUT2D eigenvalue weighted by molar-refractivity contribution is 5.33. The van der Waals surface area contributed by atoms with Crippen LogP contribution < -0.4 is 5.73 Å². The number of aryl methyl sites for hydroxylation is 2. The number of hydrogen-bond donors (Lipinski definition) is 1. The van der Waals surface area contributed by atoms with Crippen LogP contribution in [-0.4, -0.2) is 48.6 Å². The van der Waals surface area contributed by atoms with Crippen molar-refractivity contribution in [3.63, 3.8) is 0 Å². The SMILES string of the molecule is Cc1cccc(C)c1CN1CCN(C(C)CN)CC1. The Kier molecular flexibility index (Phi) is 4.97. The summed E-state index contributed by atoms with van der Waals surface area (Å²) in [6.45, 7) is 13.1. The van der Waals surface area contributed by atoms with Gasteiger partial charge in [0.15, 0.2) is 0 Å². The molecular formula is C16H27N3. The minimum Gasteiger partial charge on any atom is -0.329 e. The molecule has 0 spiro atoms. The molecule has 0 aliphatic carbocycles. The second kappa shape index (κ2) is 6.51. The molecule has 19 heavy (non-hydrogen) atoms. The quantitative estimate of drug-likeness (QED) is 0.896. The third kappa shape index (κ3) is 3.56. The Balaban J connectivity index is 1.92. The maximum absolute atomic E-state index is 5.75. The van der Waals surface area contributed by atoms with Crippen molar-refractivity contribution in [1.82, 2.24) is 9.80 Å². The molecule has 1 unspecified atom stereocenters. The van der Waals surface area contributed by atoms with Gasteiger partial charge < -0.3 is 5.73 Å². The molecule has 0 bridgehead atoms. The van der Waals surface area contributed by atoms with Crippen molar-refractivity contribution in [3.05, 3.63) is 34.9 Å². The zero-order valence-electron chi connectivity index (χ0n) is 12.5. The molecule has 1 atom stereocenters. The van der Waals surface area contributed by atoms with Crippen molar-refractivity contribution in [2.75, 3.05) is 32.7 Å². The monoisotopic (exact) mass is 261 g/mol. The number of piperazine rings is 1. The van der Waals surface area contributed by atoms with Gasteiger partial charge in [0, 0.05) is 45.3 Å². The van der Waals surface area contributed by atoms with Crippen LogP contribution in [0.3, 0.4) is 0 Å². The van der Waals surface area contributed by atoms with E-state index in [0.717, 1.165) is 39.3 Å². The minimum absolute atomic E-state index is 0.516. The Morgan fingerprint density at radius 3 is 2.21 bits per heavy atom. The van der Waals surface area contributed by atoms with E-state index in [1.807, 2.05) is 0 Å². The summed E-state index contributed by atoms with van der Waals surface area (Å²) in [5.74, 6) is 0. The molecule has 3 heteroatoms. The summed E-state index contributed by atoms with van der Waals surface area (Å²) in [5, 5.41) is 0. The second-order valence-corrected chi connectivity index (χ2v) is 5.77. The molecule has 0 saturated carbocycles. The van der Waals surface area contributed by atoms with Gasteiger partial charge in [-0.3, -0.25) is 9.80 Å². The van der Waals surface area contributed by atoms with Crippen LogP contribution in [0.25, 0.3) is 0 Å². The third-order valence-corrected chi connectivity index (χ3v) is 4.40. The molecule has 2 rings (SSSR count). The molecule has 2 N–H and O–H groups in total. The van der Waals surface area contributed by atoms with Gasteiger partial charge in [-0.25, -0.2) is 0 Å². The summed E-state index contributed by atoms with van der Waals surface area (Å²) in [6, 6.07) is 7.10. The average molecular weight is 261 g/mol. The van der Waals surface area contributed by atoms with Crippen molar-refractivity contribution >= 4 is 0 Å². The summed E-state index contributed by atoms with van der Waals surface area (Å²) >= 11 is 0. The van der Waals surface area contributed by atoms with Crippen molar-refractivity contribution in [3.8, 4) is 0 Å². The van der Waals surface area contributed by atoms with E-state index in [1.54, 1.807) is 0 Å². The van der Waals surface area contributed by atoms with Crippen LogP contribution in [0.5, 0.6) is 0 Å². The average Bonchev–Trinajstić information content (AvgIpc) is 2.43. The van der Waals surface area contributed by atoms with E-state index in [1.165, 1.54) is 16.7 Å². The van der Waals surface area contributed by atoms with Crippen LogP contribution in [0.15, 0.2) is 18.2 Å². The number of rotatable bonds is 4. The molecular weight excluding hydrogens is 234 g/mol. The highest BCUT2D eigenvalue weighted by atomic mass is 15.3. The Morgan fingerprint density at radius 2 is 1.68 bits per heavy atom. The van der Waals surface area contributed by atoms with Gasteiger partial charge in [-0.2, -0.15) is 0 Å². The van der Waals surface area contributed by atoms with Crippen molar-refractivity contribution in [2.24, 2.45) is 5.73 Å². The molecule has 106 valence electrons. The molecule has 1 aromatic carbocycles. The normalized spacial score (nSPS) is 19.6. The maximum Gasteiger partial charge on any atom is 0.0240 e. The summed E-state index contributed by atoms with van der Waals surface area (Å²) in [6.07, 6.45) is 0. The van der Waals surface area contributed by atoms with Crippen molar-refractivity contribution in [2.45, 2.75) is 33.4 Å². The smallest absolute Gasteiger partial charge is 0.0240 e. The van der Waals surface area contributed by atoms with Crippen LogP contribution in [-0.2, 0) is 6.54 Å². The standard InChI is InChI=1S/C16H27N3/c1-13-5-4-6-14(2)16(13)12-18-7-9-19(10-8-18)15(3)11-17/h4-6,15H,7-12,17H2,1-3H3. The van der Waals surface area contributed by atoms with Gasteiger partial charge in [0.25, 0.3) is 0 Å². The molecule has 0 aromatic heterocycles. The van der Waals surface area contributed by atoms with Crippen LogP contribution in [0.4, 0.5) is 0 Å². The fraction of sp³-hybridized carbons (Fsp3) is 0.625. The number of benzene rings is 1. The second-order valence-electron chi connectivity index (χ2n) is 5.77. The first-order valence-electron chi connectivity index (χ1n) is 7.33. The van der Waals surface area contributed by atoms with Gasteiger partial charge in [0.1, 0.15) is 0 Å². The van der Waals surface area contributed by atoms with E-state index in [0.29, 0.717) is 6.04 Å². The zero-order chi connectivity index (χ0) is 13.8. The van der Waals surface area contributed by atoms with Crippen molar-refractivity contribution in [1.29, 1.82) is 0 Å². The predicted octanol–water partition coefficient (Wildman–Crippen LogP) is 1.77. The molecule has 1 aliphatic rings. The van der Waals surface area contributed by atoms with E-state index in [4.69, 9.17) is 5.73 Å². The van der Waals surface area contributed by atoms with E-state index in [2.05, 4.69) is 48.8 Å². The highest BCUT2D eigenvalue weighted by Gasteiger charge is 2.20. The number of hydrogen-bond acceptors (Lipinski definition) is 3. The molecule has 3 nitrogen and oxygen atoms in total. The van der Waals surface area contributed by atoms with Gasteiger partial charge in [-0.15, -0.1) is 0 Å². The Hall–Kier alpha value is -0.900. The van der Waals surface area contributed by atoms with Gasteiger partial charge in [-0.05, 0) is 37.5 Å². The van der Waals surface area contributed by atoms with Crippen LogP contribution in [0.1, 0.15) is 23.6 Å². The lowest BCUT2D eigenvalue weighted by atomic mass is 10.0. The summed E-state index contributed by atoms with van der Waals surface area (Å²) in [7, 11) is 0. The summed E-state index contributed by atoms with van der Waals surface area (Å²) in [5.41, 5.74) is 10.1. The molecule has 0 radical (unpaired) electrons. The highest BCUT2D eigenvalue weighted by Crippen LogP contribution is 2.17. The van der Waals surface area contributed by atoms with Gasteiger partial charge in [0.2, 0.25) is 0 Å².